The fourth-order valence-corrected chi connectivity index (χ4v) is 9.74. The van der Waals surface area contributed by atoms with Gasteiger partial charge in [-0.2, -0.15) is 0 Å². The Morgan fingerprint density at radius 2 is 0.681 bits per heavy atom. The molecule has 10 heteroatoms. The number of anilines is 6. The molecule has 2 aliphatic heterocycles. The molecule has 0 unspecified atom stereocenters. The van der Waals surface area contributed by atoms with E-state index in [1.807, 2.05) is 121 Å². The maximum absolute atomic E-state index is 11.9. The summed E-state index contributed by atoms with van der Waals surface area (Å²) in [5, 5.41) is 19.5. The van der Waals surface area contributed by atoms with Crippen LogP contribution in [0.1, 0.15) is 20.7 Å². The van der Waals surface area contributed by atoms with E-state index in [0.717, 1.165) is 89.5 Å². The monoisotopic (exact) mass is 891 g/mol. The van der Waals surface area contributed by atoms with Crippen LogP contribution in [-0.4, -0.2) is 43.8 Å². The number of aromatic carboxylic acids is 2. The molecule has 0 fully saturated rings. The molecular weight excluding hydrogens is 853 g/mol. The molecule has 0 radical (unpaired) electrons. The molecule has 2 N–H and O–H groups in total. The largest absolute Gasteiger partial charge is 0.478 e. The molecule has 0 aliphatic carbocycles. The molecule has 69 heavy (non-hydrogen) atoms. The zero-order valence-corrected chi connectivity index (χ0v) is 36.8. The van der Waals surface area contributed by atoms with Crippen LogP contribution >= 0.6 is 0 Å². The van der Waals surface area contributed by atoms with Gasteiger partial charge >= 0.3 is 11.9 Å². The molecule has 0 amide bonds. The average molecular weight is 892 g/mol. The minimum atomic E-state index is -0.976. The number of hydrogen-bond donors (Lipinski definition) is 2. The third-order valence-electron chi connectivity index (χ3n) is 13.0. The number of fused-ring (bicyclic) bond motifs is 4. The first-order valence-corrected chi connectivity index (χ1v) is 22.6. The van der Waals surface area contributed by atoms with Crippen molar-refractivity contribution in [1.82, 2.24) is 15.0 Å². The number of rotatable bonds is 9. The van der Waals surface area contributed by atoms with Gasteiger partial charge in [0.25, 0.3) is 6.71 Å². The van der Waals surface area contributed by atoms with Gasteiger partial charge in [-0.25, -0.2) is 24.5 Å². The highest BCUT2D eigenvalue weighted by Gasteiger charge is 2.44. The van der Waals surface area contributed by atoms with E-state index >= 15 is 0 Å². The second-order valence-corrected chi connectivity index (χ2v) is 17.1. The van der Waals surface area contributed by atoms with E-state index in [-0.39, 0.29) is 17.8 Å². The van der Waals surface area contributed by atoms with Gasteiger partial charge in [0.1, 0.15) is 0 Å². The highest BCUT2D eigenvalue weighted by molar-refractivity contribution is 7.00. The molecule has 12 rings (SSSR count). The van der Waals surface area contributed by atoms with Crippen LogP contribution in [0.4, 0.5) is 34.1 Å². The van der Waals surface area contributed by atoms with Gasteiger partial charge in [0.15, 0.2) is 17.5 Å². The SMILES string of the molecule is O=C(O)c1ccc(-c2ccc3c(c2)N(c2ccccc2)c2cc(-c4nc(-c5ccccc5)nc(-c5ccccc5)n4)cc4c2B3c2ccc(-c3ccc(C(=O)O)cc3)cc2N4c2ccccc2)cc1. The lowest BCUT2D eigenvalue weighted by Crippen LogP contribution is -2.61. The van der Waals surface area contributed by atoms with Crippen molar-refractivity contribution >= 4 is 69.2 Å². The Hall–Kier alpha value is -9.41. The number of para-hydroxylation sites is 2. The molecule has 1 aromatic heterocycles. The highest BCUT2D eigenvalue weighted by atomic mass is 16.4. The zero-order chi connectivity index (χ0) is 46.6. The summed E-state index contributed by atoms with van der Waals surface area (Å²) in [4.78, 5) is 43.9. The first-order valence-electron chi connectivity index (χ1n) is 22.6. The summed E-state index contributed by atoms with van der Waals surface area (Å²) >= 11 is 0. The van der Waals surface area contributed by atoms with Gasteiger partial charge in [-0.05, 0) is 111 Å². The van der Waals surface area contributed by atoms with Gasteiger partial charge in [-0.1, -0.05) is 146 Å². The molecule has 9 nitrogen and oxygen atoms in total. The number of carbonyl (C=O) groups is 2. The summed E-state index contributed by atoms with van der Waals surface area (Å²) in [7, 11) is 0. The van der Waals surface area contributed by atoms with Crippen LogP contribution in [0.2, 0.25) is 0 Å². The normalized spacial score (nSPS) is 12.2. The minimum absolute atomic E-state index is 0.222. The highest BCUT2D eigenvalue weighted by Crippen LogP contribution is 2.47. The number of nitrogens with zero attached hydrogens (tertiary/aromatic N) is 5. The topological polar surface area (TPSA) is 120 Å². The zero-order valence-electron chi connectivity index (χ0n) is 36.8. The summed E-state index contributed by atoms with van der Waals surface area (Å²) in [5.41, 5.74) is 15.7. The van der Waals surface area contributed by atoms with E-state index in [0.29, 0.717) is 17.5 Å². The van der Waals surface area contributed by atoms with Crippen LogP contribution in [0.15, 0.2) is 218 Å². The Labute approximate surface area is 398 Å². The molecule has 0 spiro atoms. The van der Waals surface area contributed by atoms with Crippen LogP contribution in [0.5, 0.6) is 0 Å². The summed E-state index contributed by atoms with van der Waals surface area (Å²) in [5.74, 6) is -0.337. The summed E-state index contributed by atoms with van der Waals surface area (Å²) in [6.45, 7) is -0.237. The van der Waals surface area contributed by atoms with Crippen LogP contribution in [0, 0.1) is 0 Å². The molecule has 0 saturated carbocycles. The molecule has 10 aromatic rings. The first kappa shape index (κ1) is 41.1. The smallest absolute Gasteiger partial charge is 0.335 e. The third kappa shape index (κ3) is 7.28. The van der Waals surface area contributed by atoms with Crippen molar-refractivity contribution in [2.24, 2.45) is 0 Å². The Kier molecular flexibility index (Phi) is 9.99. The Morgan fingerprint density at radius 1 is 0.348 bits per heavy atom. The Bertz CT molecular complexity index is 3380. The van der Waals surface area contributed by atoms with E-state index in [9.17, 15) is 19.8 Å². The van der Waals surface area contributed by atoms with Crippen molar-refractivity contribution in [2.45, 2.75) is 0 Å². The second kappa shape index (κ2) is 16.8. The third-order valence-corrected chi connectivity index (χ3v) is 13.0. The molecule has 0 atom stereocenters. The summed E-state index contributed by atoms with van der Waals surface area (Å²) < 4.78 is 0. The summed E-state index contributed by atoms with van der Waals surface area (Å²) in [6, 6.07) is 72.2. The number of aromatic nitrogens is 3. The van der Waals surface area contributed by atoms with Gasteiger partial charge in [0.2, 0.25) is 0 Å². The number of benzene rings is 9. The predicted molar refractivity (Wildman–Crippen MR) is 275 cm³/mol. The molecule has 326 valence electrons. The van der Waals surface area contributed by atoms with Crippen molar-refractivity contribution in [3.05, 3.63) is 230 Å². The maximum atomic E-state index is 11.9. The Morgan fingerprint density at radius 3 is 1.06 bits per heavy atom. The molecule has 2 aliphatic rings. The maximum Gasteiger partial charge on any atom is 0.335 e. The van der Waals surface area contributed by atoms with Crippen molar-refractivity contribution in [3.63, 3.8) is 0 Å². The minimum Gasteiger partial charge on any atom is -0.478 e. The van der Waals surface area contributed by atoms with Crippen LogP contribution in [-0.2, 0) is 0 Å². The predicted octanol–water partition coefficient (Wildman–Crippen LogP) is 11.7. The molecule has 3 heterocycles. The first-order chi connectivity index (χ1) is 33.9. The van der Waals surface area contributed by atoms with E-state index < -0.39 is 11.9 Å². The van der Waals surface area contributed by atoms with Crippen molar-refractivity contribution in [3.8, 4) is 56.4 Å². The van der Waals surface area contributed by atoms with Gasteiger partial charge < -0.3 is 20.0 Å². The summed E-state index contributed by atoms with van der Waals surface area (Å²) in [6.07, 6.45) is 0. The van der Waals surface area contributed by atoms with Crippen molar-refractivity contribution in [2.75, 3.05) is 9.80 Å². The van der Waals surface area contributed by atoms with E-state index in [4.69, 9.17) is 15.0 Å². The van der Waals surface area contributed by atoms with E-state index in [1.165, 1.54) is 0 Å². The fraction of sp³-hybridized carbons (Fsp3) is 0. The number of carboxylic acid groups (broad SMARTS) is 2. The molecule has 0 bridgehead atoms. The molecule has 0 saturated heterocycles. The lowest BCUT2D eigenvalue weighted by atomic mass is 9.33. The van der Waals surface area contributed by atoms with Crippen LogP contribution in [0.3, 0.4) is 0 Å². The average Bonchev–Trinajstić information content (AvgIpc) is 3.41. The molecular formula is C59H38BN5O4. The second-order valence-electron chi connectivity index (χ2n) is 17.1. The lowest BCUT2D eigenvalue weighted by molar-refractivity contribution is 0.0686. The van der Waals surface area contributed by atoms with Crippen molar-refractivity contribution in [1.29, 1.82) is 0 Å². The Balaban J connectivity index is 1.16. The van der Waals surface area contributed by atoms with Gasteiger partial charge in [-0.15, -0.1) is 0 Å². The molecule has 9 aromatic carbocycles. The van der Waals surface area contributed by atoms with E-state index in [1.54, 1.807) is 24.3 Å². The van der Waals surface area contributed by atoms with Crippen LogP contribution in [0.25, 0.3) is 56.4 Å². The fourth-order valence-electron chi connectivity index (χ4n) is 9.74. The standard InChI is InChI=1S/C59H38BN5O4/c66-58(67)41-25-21-37(22-26-41)43-29-31-48-50(33-43)64(46-17-9-3-10-18-46)52-35-45(57-62-55(39-13-5-1-6-14-39)61-56(63-57)40-15-7-2-8-16-40)36-53-54(52)60(48)49-32-30-44(38-23-27-42(28-24-38)59(68)69)34-51(49)65(53)47-19-11-4-12-20-47/h1-36H,(H,66,67)(H,68,69). The lowest BCUT2D eigenvalue weighted by Gasteiger charge is -2.44. The number of carboxylic acids is 2. The van der Waals surface area contributed by atoms with Gasteiger partial charge in [-0.3, -0.25) is 0 Å². The van der Waals surface area contributed by atoms with Crippen molar-refractivity contribution < 1.29 is 19.8 Å². The van der Waals surface area contributed by atoms with Gasteiger partial charge in [0, 0.05) is 50.8 Å². The van der Waals surface area contributed by atoms with Gasteiger partial charge in [0.05, 0.1) is 11.1 Å². The quantitative estimate of drug-likeness (QED) is 0.137. The van der Waals surface area contributed by atoms with Crippen LogP contribution < -0.4 is 26.2 Å². The number of hydrogen-bond acceptors (Lipinski definition) is 7. The van der Waals surface area contributed by atoms with E-state index in [2.05, 4.69) is 82.6 Å².